The molecule has 5 heteroatoms. The first-order valence-corrected chi connectivity index (χ1v) is 7.22. The van der Waals surface area contributed by atoms with Crippen LogP contribution in [-0.4, -0.2) is 23.1 Å². The third-order valence-electron chi connectivity index (χ3n) is 2.78. The minimum Gasteiger partial charge on any atom is -0.494 e. The maximum absolute atomic E-state index is 5.67. The molecule has 1 heterocycles. The van der Waals surface area contributed by atoms with Gasteiger partial charge in [0.15, 0.2) is 0 Å². The summed E-state index contributed by atoms with van der Waals surface area (Å²) in [6.07, 6.45) is 4.52. The number of hydrogen-bond donors (Lipinski definition) is 1. The van der Waals surface area contributed by atoms with Gasteiger partial charge in [-0.3, -0.25) is 4.98 Å². The summed E-state index contributed by atoms with van der Waals surface area (Å²) in [7, 11) is 0. The van der Waals surface area contributed by atoms with Crippen molar-refractivity contribution in [3.63, 3.8) is 0 Å². The number of ether oxygens (including phenoxy) is 2. The topological polar surface area (TPSA) is 56.3 Å². The summed E-state index contributed by atoms with van der Waals surface area (Å²) in [5, 5.41) is 3.19. The summed E-state index contributed by atoms with van der Waals surface area (Å²) in [5.41, 5.74) is 0.797. The molecule has 0 amide bonds. The Kier molecular flexibility index (Phi) is 5.82. The summed E-state index contributed by atoms with van der Waals surface area (Å²) in [6, 6.07) is 7.55. The van der Waals surface area contributed by atoms with Crippen LogP contribution in [0.4, 0.5) is 5.82 Å². The molecule has 0 aliphatic carbocycles. The van der Waals surface area contributed by atoms with Crippen molar-refractivity contribution in [3.8, 4) is 11.5 Å². The number of hydrogen-bond acceptors (Lipinski definition) is 5. The van der Waals surface area contributed by atoms with Crippen LogP contribution in [0.3, 0.4) is 0 Å². The maximum Gasteiger partial charge on any atom is 0.144 e. The van der Waals surface area contributed by atoms with E-state index in [4.69, 9.17) is 9.47 Å². The van der Waals surface area contributed by atoms with Gasteiger partial charge in [-0.05, 0) is 37.6 Å². The molecule has 1 aromatic carbocycles. The molecule has 0 saturated heterocycles. The third-order valence-corrected chi connectivity index (χ3v) is 2.78. The second-order valence-electron chi connectivity index (χ2n) is 4.51. The van der Waals surface area contributed by atoms with Gasteiger partial charge in [0, 0.05) is 6.54 Å². The van der Waals surface area contributed by atoms with Gasteiger partial charge in [-0.15, -0.1) is 0 Å². The van der Waals surface area contributed by atoms with Gasteiger partial charge in [-0.2, -0.15) is 0 Å². The highest BCUT2D eigenvalue weighted by Gasteiger charge is 2.00. The fourth-order valence-electron chi connectivity index (χ4n) is 1.73. The van der Waals surface area contributed by atoms with Gasteiger partial charge in [-0.1, -0.05) is 6.92 Å². The maximum atomic E-state index is 5.67. The van der Waals surface area contributed by atoms with Gasteiger partial charge in [0.05, 0.1) is 24.7 Å². The third kappa shape index (κ3) is 4.95. The van der Waals surface area contributed by atoms with Crippen molar-refractivity contribution < 1.29 is 9.47 Å². The van der Waals surface area contributed by atoms with Gasteiger partial charge in [0.1, 0.15) is 23.9 Å². The summed E-state index contributed by atoms with van der Waals surface area (Å²) in [4.78, 5) is 8.61. The van der Waals surface area contributed by atoms with Crippen molar-refractivity contribution in [1.29, 1.82) is 0 Å². The van der Waals surface area contributed by atoms with Crippen molar-refractivity contribution in [2.45, 2.75) is 26.9 Å². The van der Waals surface area contributed by atoms with E-state index in [2.05, 4.69) is 22.2 Å². The van der Waals surface area contributed by atoms with E-state index in [-0.39, 0.29) is 0 Å². The molecule has 0 radical (unpaired) electrons. The summed E-state index contributed by atoms with van der Waals surface area (Å²) >= 11 is 0. The lowest BCUT2D eigenvalue weighted by molar-refractivity contribution is 0.299. The molecular formula is C16H21N3O2. The Bertz CT molecular complexity index is 526. The lowest BCUT2D eigenvalue weighted by atomic mass is 10.3. The highest BCUT2D eigenvalue weighted by atomic mass is 16.5. The van der Waals surface area contributed by atoms with Crippen molar-refractivity contribution in [2.75, 3.05) is 18.5 Å². The van der Waals surface area contributed by atoms with Crippen LogP contribution in [0.1, 0.15) is 26.0 Å². The molecule has 0 aliphatic heterocycles. The molecule has 0 fully saturated rings. The van der Waals surface area contributed by atoms with E-state index in [1.807, 2.05) is 31.2 Å². The van der Waals surface area contributed by atoms with Crippen LogP contribution < -0.4 is 14.8 Å². The Balaban J connectivity index is 1.84. The molecule has 0 aliphatic rings. The molecular weight excluding hydrogens is 266 g/mol. The zero-order valence-corrected chi connectivity index (χ0v) is 12.5. The predicted molar refractivity (Wildman–Crippen MR) is 82.8 cm³/mol. The van der Waals surface area contributed by atoms with Gasteiger partial charge in [0.2, 0.25) is 0 Å². The van der Waals surface area contributed by atoms with E-state index >= 15 is 0 Å². The number of aromatic nitrogens is 2. The van der Waals surface area contributed by atoms with Crippen molar-refractivity contribution in [1.82, 2.24) is 9.97 Å². The lowest BCUT2D eigenvalue weighted by Crippen LogP contribution is -2.04. The number of nitrogens with one attached hydrogen (secondary N) is 1. The summed E-state index contributed by atoms with van der Waals surface area (Å²) < 4.78 is 11.1. The van der Waals surface area contributed by atoms with Crippen LogP contribution in [0.25, 0.3) is 0 Å². The van der Waals surface area contributed by atoms with Crippen LogP contribution in [-0.2, 0) is 6.61 Å². The number of anilines is 1. The Labute approximate surface area is 125 Å². The zero-order valence-electron chi connectivity index (χ0n) is 12.5. The fourth-order valence-corrected chi connectivity index (χ4v) is 1.73. The first-order chi connectivity index (χ1) is 10.3. The highest BCUT2D eigenvalue weighted by molar-refractivity contribution is 5.32. The van der Waals surface area contributed by atoms with Crippen molar-refractivity contribution in [3.05, 3.63) is 42.4 Å². The molecule has 112 valence electrons. The quantitative estimate of drug-likeness (QED) is 0.807. The molecule has 0 bridgehead atoms. The first kappa shape index (κ1) is 15.1. The Hall–Kier alpha value is -2.30. The standard InChI is InChI=1S/C16H21N3O2/c1-3-9-17-16-11-18-13(10-19-16)12-21-15-7-5-14(6-8-15)20-4-2/h5-8,10-11H,3-4,9,12H2,1-2H3,(H,17,19). The number of benzene rings is 1. The smallest absolute Gasteiger partial charge is 0.144 e. The van der Waals surface area contributed by atoms with Crippen molar-refractivity contribution in [2.24, 2.45) is 0 Å². The molecule has 1 aromatic heterocycles. The normalized spacial score (nSPS) is 10.2. The monoisotopic (exact) mass is 287 g/mol. The van der Waals surface area contributed by atoms with Crippen LogP contribution >= 0.6 is 0 Å². The molecule has 1 N–H and O–H groups in total. The van der Waals surface area contributed by atoms with Crippen LogP contribution in [0.5, 0.6) is 11.5 Å². The van der Waals surface area contributed by atoms with E-state index in [9.17, 15) is 0 Å². The SMILES string of the molecule is CCCNc1cnc(COc2ccc(OCC)cc2)cn1. The molecule has 21 heavy (non-hydrogen) atoms. The average molecular weight is 287 g/mol. The number of nitrogens with zero attached hydrogens (tertiary/aromatic N) is 2. The Morgan fingerprint density at radius 2 is 1.67 bits per heavy atom. The largest absolute Gasteiger partial charge is 0.494 e. The van der Waals surface area contributed by atoms with E-state index < -0.39 is 0 Å². The van der Waals surface area contributed by atoms with E-state index in [1.54, 1.807) is 12.4 Å². The van der Waals surface area contributed by atoms with Gasteiger partial charge >= 0.3 is 0 Å². The minimum atomic E-state index is 0.398. The highest BCUT2D eigenvalue weighted by Crippen LogP contribution is 2.18. The molecule has 0 unspecified atom stereocenters. The molecule has 2 rings (SSSR count). The molecule has 0 saturated carbocycles. The van der Waals surface area contributed by atoms with Gasteiger partial charge in [-0.25, -0.2) is 4.98 Å². The van der Waals surface area contributed by atoms with Gasteiger partial charge in [0.25, 0.3) is 0 Å². The second kappa shape index (κ2) is 8.09. The first-order valence-electron chi connectivity index (χ1n) is 7.22. The average Bonchev–Trinajstić information content (AvgIpc) is 2.53. The summed E-state index contributed by atoms with van der Waals surface area (Å²) in [5.74, 6) is 2.42. The van der Waals surface area contributed by atoms with Crippen LogP contribution in [0, 0.1) is 0 Å². The molecule has 0 spiro atoms. The summed E-state index contributed by atoms with van der Waals surface area (Å²) in [6.45, 7) is 6.03. The molecule has 0 atom stereocenters. The number of rotatable bonds is 8. The van der Waals surface area contributed by atoms with Crippen LogP contribution in [0.2, 0.25) is 0 Å². The van der Waals surface area contributed by atoms with Crippen LogP contribution in [0.15, 0.2) is 36.7 Å². The van der Waals surface area contributed by atoms with Gasteiger partial charge < -0.3 is 14.8 Å². The van der Waals surface area contributed by atoms with E-state index in [1.165, 1.54) is 0 Å². The van der Waals surface area contributed by atoms with Crippen molar-refractivity contribution >= 4 is 5.82 Å². The molecule has 2 aromatic rings. The fraction of sp³-hybridized carbons (Fsp3) is 0.375. The Morgan fingerprint density at radius 3 is 2.24 bits per heavy atom. The molecule has 5 nitrogen and oxygen atoms in total. The second-order valence-corrected chi connectivity index (χ2v) is 4.51. The predicted octanol–water partition coefficient (Wildman–Crippen LogP) is 3.28. The minimum absolute atomic E-state index is 0.398. The van der Waals surface area contributed by atoms with E-state index in [0.29, 0.717) is 13.2 Å². The Morgan fingerprint density at radius 1 is 0.952 bits per heavy atom. The zero-order chi connectivity index (χ0) is 14.9. The van der Waals surface area contributed by atoms with E-state index in [0.717, 1.165) is 36.0 Å². The lowest BCUT2D eigenvalue weighted by Gasteiger charge is -2.08.